The molecule has 1 N–H and O–H groups in total. The first kappa shape index (κ1) is 12.9. The number of rotatable bonds is 2. The Morgan fingerprint density at radius 3 is 2.78 bits per heavy atom. The molecule has 0 saturated carbocycles. The van der Waals surface area contributed by atoms with Gasteiger partial charge in [0.05, 0.1) is 5.69 Å². The van der Waals surface area contributed by atoms with E-state index in [1.165, 1.54) is 22.9 Å². The van der Waals surface area contributed by atoms with Crippen LogP contribution in [0.25, 0.3) is 0 Å². The molecular weight excluding hydrogens is 323 g/mol. The molecule has 2 aromatic rings. The Bertz CT molecular complexity index is 636. The lowest BCUT2D eigenvalue weighted by atomic mass is 10.3. The first-order valence-corrected chi connectivity index (χ1v) is 6.07. The van der Waals surface area contributed by atoms with Crippen LogP contribution in [-0.2, 0) is 7.05 Å². The van der Waals surface area contributed by atoms with Gasteiger partial charge in [-0.3, -0.25) is 9.59 Å². The first-order chi connectivity index (χ1) is 8.47. The largest absolute Gasteiger partial charge is 0.444 e. The fraction of sp³-hybridized carbons (Fsp3) is 0.0909. The molecule has 0 atom stereocenters. The van der Waals surface area contributed by atoms with Crippen molar-refractivity contribution in [1.82, 2.24) is 4.57 Å². The monoisotopic (exact) mass is 330 g/mol. The van der Waals surface area contributed by atoms with Crippen LogP contribution in [0.3, 0.4) is 0 Å². The molecule has 0 unspecified atom stereocenters. The second-order valence-corrected chi connectivity index (χ2v) is 4.74. The Balaban J connectivity index is 2.25. The molecule has 1 amide bonds. The van der Waals surface area contributed by atoms with Crippen LogP contribution in [0.1, 0.15) is 10.6 Å². The Morgan fingerprint density at radius 1 is 1.50 bits per heavy atom. The minimum absolute atomic E-state index is 0.0379. The standard InChI is InChI=1S/C11H8BrClN2O3/c1-15-5-6(4-7(13)11(15)17)14-10(16)8-2-3-9(12)18-8/h2-5H,1H3,(H,14,16). The molecule has 0 aliphatic carbocycles. The van der Waals surface area contributed by atoms with Gasteiger partial charge in [0.25, 0.3) is 11.5 Å². The number of pyridine rings is 1. The van der Waals surface area contributed by atoms with Gasteiger partial charge in [0.15, 0.2) is 10.4 Å². The van der Waals surface area contributed by atoms with Gasteiger partial charge in [-0.1, -0.05) is 11.6 Å². The highest BCUT2D eigenvalue weighted by Gasteiger charge is 2.12. The van der Waals surface area contributed by atoms with Gasteiger partial charge in [-0.2, -0.15) is 0 Å². The molecule has 2 aromatic heterocycles. The van der Waals surface area contributed by atoms with Gasteiger partial charge in [-0.25, -0.2) is 0 Å². The van der Waals surface area contributed by atoms with E-state index in [9.17, 15) is 9.59 Å². The maximum Gasteiger partial charge on any atom is 0.291 e. The number of aryl methyl sites for hydroxylation is 1. The second kappa shape index (κ2) is 4.99. The average Bonchev–Trinajstić information content (AvgIpc) is 2.72. The van der Waals surface area contributed by atoms with Gasteiger partial charge in [0.2, 0.25) is 0 Å². The van der Waals surface area contributed by atoms with Crippen LogP contribution in [0.15, 0.2) is 38.3 Å². The van der Waals surface area contributed by atoms with Crippen LogP contribution >= 0.6 is 27.5 Å². The molecule has 18 heavy (non-hydrogen) atoms. The van der Waals surface area contributed by atoms with Crippen LogP contribution in [0.5, 0.6) is 0 Å². The summed E-state index contributed by atoms with van der Waals surface area (Å²) in [4.78, 5) is 23.2. The number of nitrogens with zero attached hydrogens (tertiary/aromatic N) is 1. The zero-order chi connectivity index (χ0) is 13.3. The molecule has 0 radical (unpaired) electrons. The summed E-state index contributed by atoms with van der Waals surface area (Å²) >= 11 is 8.84. The molecule has 0 aliphatic heterocycles. The lowest BCUT2D eigenvalue weighted by molar-refractivity contribution is 0.0995. The van der Waals surface area contributed by atoms with E-state index in [1.54, 1.807) is 13.1 Å². The lowest BCUT2D eigenvalue weighted by Gasteiger charge is -2.05. The number of nitrogens with one attached hydrogen (secondary N) is 1. The number of carbonyl (C=O) groups excluding carboxylic acids is 1. The van der Waals surface area contributed by atoms with Crippen molar-refractivity contribution >= 4 is 39.1 Å². The second-order valence-electron chi connectivity index (χ2n) is 3.55. The summed E-state index contributed by atoms with van der Waals surface area (Å²) in [6, 6.07) is 4.53. The summed E-state index contributed by atoms with van der Waals surface area (Å²) in [7, 11) is 1.55. The maximum atomic E-state index is 11.8. The topological polar surface area (TPSA) is 64.2 Å². The molecule has 0 spiro atoms. The van der Waals surface area contributed by atoms with Crippen molar-refractivity contribution in [3.05, 3.63) is 50.2 Å². The van der Waals surface area contributed by atoms with E-state index in [4.69, 9.17) is 16.0 Å². The van der Waals surface area contributed by atoms with E-state index in [1.807, 2.05) is 0 Å². The van der Waals surface area contributed by atoms with E-state index in [-0.39, 0.29) is 16.3 Å². The Morgan fingerprint density at radius 2 is 2.22 bits per heavy atom. The van der Waals surface area contributed by atoms with Crippen molar-refractivity contribution < 1.29 is 9.21 Å². The summed E-state index contributed by atoms with van der Waals surface area (Å²) in [6.45, 7) is 0. The van der Waals surface area contributed by atoms with Crippen LogP contribution in [0.4, 0.5) is 5.69 Å². The molecule has 0 saturated heterocycles. The van der Waals surface area contributed by atoms with E-state index < -0.39 is 5.91 Å². The van der Waals surface area contributed by atoms with Gasteiger partial charge >= 0.3 is 0 Å². The van der Waals surface area contributed by atoms with Crippen LogP contribution in [-0.4, -0.2) is 10.5 Å². The van der Waals surface area contributed by atoms with Crippen molar-refractivity contribution in [1.29, 1.82) is 0 Å². The first-order valence-electron chi connectivity index (χ1n) is 4.90. The molecule has 0 bridgehead atoms. The van der Waals surface area contributed by atoms with Gasteiger partial charge in [0, 0.05) is 13.2 Å². The van der Waals surface area contributed by atoms with E-state index in [0.29, 0.717) is 10.4 Å². The highest BCUT2D eigenvalue weighted by atomic mass is 79.9. The quantitative estimate of drug-likeness (QED) is 0.920. The molecule has 94 valence electrons. The minimum atomic E-state index is -0.421. The third kappa shape index (κ3) is 2.65. The fourth-order valence-electron chi connectivity index (χ4n) is 1.37. The number of carbonyl (C=O) groups is 1. The molecule has 2 heterocycles. The van der Waals surface area contributed by atoms with Crippen molar-refractivity contribution in [2.24, 2.45) is 7.05 Å². The predicted octanol–water partition coefficient (Wildman–Crippen LogP) is 2.65. The zero-order valence-corrected chi connectivity index (χ0v) is 11.6. The number of anilines is 1. The molecule has 0 aromatic carbocycles. The van der Waals surface area contributed by atoms with Crippen molar-refractivity contribution in [2.45, 2.75) is 0 Å². The van der Waals surface area contributed by atoms with E-state index in [2.05, 4.69) is 21.2 Å². The third-order valence-corrected chi connectivity index (χ3v) is 2.89. The smallest absolute Gasteiger partial charge is 0.291 e. The Hall–Kier alpha value is -1.53. The van der Waals surface area contributed by atoms with Crippen LogP contribution in [0, 0.1) is 0 Å². The maximum absolute atomic E-state index is 11.8. The zero-order valence-electron chi connectivity index (χ0n) is 9.24. The molecule has 7 heteroatoms. The summed E-state index contributed by atoms with van der Waals surface area (Å²) in [5, 5.41) is 2.62. The summed E-state index contributed by atoms with van der Waals surface area (Å²) in [6.07, 6.45) is 1.48. The van der Waals surface area contributed by atoms with Crippen molar-refractivity contribution in [3.63, 3.8) is 0 Å². The van der Waals surface area contributed by atoms with E-state index >= 15 is 0 Å². The fourth-order valence-corrected chi connectivity index (χ4v) is 1.93. The summed E-state index contributed by atoms with van der Waals surface area (Å²) < 4.78 is 6.86. The van der Waals surface area contributed by atoms with Crippen molar-refractivity contribution in [3.8, 4) is 0 Å². The summed E-state index contributed by atoms with van der Waals surface area (Å²) in [5.41, 5.74) is 0.0926. The van der Waals surface area contributed by atoms with Gasteiger partial charge in [-0.15, -0.1) is 0 Å². The normalized spacial score (nSPS) is 10.4. The number of furan rings is 1. The lowest BCUT2D eigenvalue weighted by Crippen LogP contribution is -2.19. The van der Waals surface area contributed by atoms with E-state index in [0.717, 1.165) is 0 Å². The number of hydrogen-bond acceptors (Lipinski definition) is 3. The van der Waals surface area contributed by atoms with Gasteiger partial charge < -0.3 is 14.3 Å². The number of amides is 1. The Kier molecular flexibility index (Phi) is 3.58. The average molecular weight is 332 g/mol. The van der Waals surface area contributed by atoms with Crippen LogP contribution < -0.4 is 10.9 Å². The third-order valence-electron chi connectivity index (χ3n) is 2.19. The Labute approximate surface area is 115 Å². The van der Waals surface area contributed by atoms with Gasteiger partial charge in [0.1, 0.15) is 5.02 Å². The number of halogens is 2. The molecule has 0 aliphatic rings. The number of hydrogen-bond donors (Lipinski definition) is 1. The molecule has 0 fully saturated rings. The molecular formula is C11H8BrClN2O3. The highest BCUT2D eigenvalue weighted by molar-refractivity contribution is 9.10. The molecule has 2 rings (SSSR count). The molecule has 5 nitrogen and oxygen atoms in total. The minimum Gasteiger partial charge on any atom is -0.444 e. The van der Waals surface area contributed by atoms with Gasteiger partial charge in [-0.05, 0) is 34.1 Å². The summed E-state index contributed by atoms with van der Waals surface area (Å²) in [5.74, 6) is -0.262. The number of aromatic nitrogens is 1. The highest BCUT2D eigenvalue weighted by Crippen LogP contribution is 2.16. The van der Waals surface area contributed by atoms with Crippen molar-refractivity contribution in [2.75, 3.05) is 5.32 Å². The predicted molar refractivity (Wildman–Crippen MR) is 71.1 cm³/mol. The SMILES string of the molecule is Cn1cc(NC(=O)c2ccc(Br)o2)cc(Cl)c1=O. The van der Waals surface area contributed by atoms with Crippen LogP contribution in [0.2, 0.25) is 5.02 Å².